The van der Waals surface area contributed by atoms with Gasteiger partial charge in [0.15, 0.2) is 0 Å². The van der Waals surface area contributed by atoms with E-state index in [0.29, 0.717) is 16.6 Å². The van der Waals surface area contributed by atoms with E-state index >= 15 is 0 Å². The highest BCUT2D eigenvalue weighted by Gasteiger charge is 2.16. The second-order valence-electron chi connectivity index (χ2n) is 3.51. The maximum Gasteiger partial charge on any atom is 0.0992 e. The minimum atomic E-state index is 0.329. The molecular weight excluding hydrogens is 212 g/mol. The number of benzene rings is 1. The molecule has 0 bridgehead atoms. The minimum Gasteiger partial charge on any atom is -0.379 e. The van der Waals surface area contributed by atoms with Crippen molar-refractivity contribution in [3.05, 3.63) is 28.8 Å². The Morgan fingerprint density at radius 1 is 1.53 bits per heavy atom. The molecule has 1 unspecified atom stereocenters. The average Bonchev–Trinajstić information content (AvgIpc) is 2.74. The molecule has 4 heteroatoms. The number of ether oxygens (including phenoxy) is 1. The molecule has 0 saturated carbocycles. The molecule has 78 valence electrons. The fourth-order valence-corrected chi connectivity index (χ4v) is 1.81. The largest absolute Gasteiger partial charge is 0.379 e. The molecule has 1 aromatic carbocycles. The predicted octanol–water partition coefficient (Wildman–Crippen LogP) is 2.41. The molecule has 1 heterocycles. The summed E-state index contributed by atoms with van der Waals surface area (Å²) >= 11 is 6.03. The van der Waals surface area contributed by atoms with Gasteiger partial charge in [0.2, 0.25) is 0 Å². The van der Waals surface area contributed by atoms with Gasteiger partial charge in [-0.2, -0.15) is 5.26 Å². The topological polar surface area (TPSA) is 45.0 Å². The molecule has 0 spiro atoms. The zero-order chi connectivity index (χ0) is 10.7. The van der Waals surface area contributed by atoms with Gasteiger partial charge in [0.25, 0.3) is 0 Å². The lowest BCUT2D eigenvalue weighted by molar-refractivity contribution is 0.195. The first-order valence-corrected chi connectivity index (χ1v) is 5.21. The number of nitrogens with zero attached hydrogens (tertiary/aromatic N) is 1. The third-order valence-corrected chi connectivity index (χ3v) is 2.70. The first kappa shape index (κ1) is 10.3. The summed E-state index contributed by atoms with van der Waals surface area (Å²) in [4.78, 5) is 0. The van der Waals surface area contributed by atoms with Crippen molar-refractivity contribution in [2.45, 2.75) is 12.5 Å². The van der Waals surface area contributed by atoms with Crippen molar-refractivity contribution in [1.29, 1.82) is 5.26 Å². The van der Waals surface area contributed by atoms with Crippen molar-refractivity contribution >= 4 is 17.3 Å². The Bertz CT molecular complexity index is 394. The van der Waals surface area contributed by atoms with E-state index in [1.165, 1.54) is 0 Å². The SMILES string of the molecule is N#Cc1ccc(NC2CCOC2)c(Cl)c1. The van der Waals surface area contributed by atoms with E-state index in [0.717, 1.165) is 25.3 Å². The van der Waals surface area contributed by atoms with Crippen molar-refractivity contribution in [3.63, 3.8) is 0 Å². The molecule has 3 nitrogen and oxygen atoms in total. The lowest BCUT2D eigenvalue weighted by Crippen LogP contribution is -2.19. The second kappa shape index (κ2) is 4.52. The van der Waals surface area contributed by atoms with Crippen molar-refractivity contribution in [3.8, 4) is 6.07 Å². The highest BCUT2D eigenvalue weighted by molar-refractivity contribution is 6.33. The van der Waals surface area contributed by atoms with Crippen molar-refractivity contribution in [2.75, 3.05) is 18.5 Å². The monoisotopic (exact) mass is 222 g/mol. The van der Waals surface area contributed by atoms with Crippen LogP contribution in [0, 0.1) is 11.3 Å². The Balaban J connectivity index is 2.11. The van der Waals surface area contributed by atoms with Gasteiger partial charge in [-0.1, -0.05) is 11.6 Å². The standard InChI is InChI=1S/C11H11ClN2O/c12-10-5-8(6-13)1-2-11(10)14-9-3-4-15-7-9/h1-2,5,9,14H,3-4,7H2. The lowest BCUT2D eigenvalue weighted by Gasteiger charge is -2.13. The van der Waals surface area contributed by atoms with Gasteiger partial charge in [-0.3, -0.25) is 0 Å². The van der Waals surface area contributed by atoms with Crippen LogP contribution in [0.2, 0.25) is 5.02 Å². The molecule has 1 aromatic rings. The predicted molar refractivity (Wildman–Crippen MR) is 59.0 cm³/mol. The van der Waals surface area contributed by atoms with Crippen LogP contribution in [0.15, 0.2) is 18.2 Å². The van der Waals surface area contributed by atoms with E-state index in [9.17, 15) is 0 Å². The lowest BCUT2D eigenvalue weighted by atomic mass is 10.2. The van der Waals surface area contributed by atoms with Gasteiger partial charge in [0, 0.05) is 6.61 Å². The first-order chi connectivity index (χ1) is 7.29. The molecule has 0 radical (unpaired) electrons. The molecule has 1 atom stereocenters. The number of hydrogen-bond donors (Lipinski definition) is 1. The summed E-state index contributed by atoms with van der Waals surface area (Å²) in [5.41, 5.74) is 1.44. The number of rotatable bonds is 2. The Kier molecular flexibility index (Phi) is 3.10. The summed E-state index contributed by atoms with van der Waals surface area (Å²) in [5, 5.41) is 12.6. The quantitative estimate of drug-likeness (QED) is 0.836. The van der Waals surface area contributed by atoms with Crippen LogP contribution in [-0.4, -0.2) is 19.3 Å². The van der Waals surface area contributed by atoms with Crippen LogP contribution in [0.3, 0.4) is 0 Å². The zero-order valence-electron chi connectivity index (χ0n) is 8.16. The smallest absolute Gasteiger partial charge is 0.0992 e. The number of halogens is 1. The maximum absolute atomic E-state index is 8.69. The molecule has 1 N–H and O–H groups in total. The third kappa shape index (κ3) is 2.41. The number of anilines is 1. The normalized spacial score (nSPS) is 19.9. The van der Waals surface area contributed by atoms with Crippen LogP contribution in [0.1, 0.15) is 12.0 Å². The van der Waals surface area contributed by atoms with Crippen molar-refractivity contribution in [2.24, 2.45) is 0 Å². The van der Waals surface area contributed by atoms with Gasteiger partial charge in [0.05, 0.1) is 35.0 Å². The molecule has 0 aliphatic carbocycles. The zero-order valence-corrected chi connectivity index (χ0v) is 8.92. The molecule has 0 amide bonds. The van der Waals surface area contributed by atoms with Crippen LogP contribution in [0.25, 0.3) is 0 Å². The van der Waals surface area contributed by atoms with Gasteiger partial charge >= 0.3 is 0 Å². The van der Waals surface area contributed by atoms with Crippen LogP contribution in [0.4, 0.5) is 5.69 Å². The van der Waals surface area contributed by atoms with Crippen LogP contribution in [0.5, 0.6) is 0 Å². The highest BCUT2D eigenvalue weighted by Crippen LogP contribution is 2.24. The Hall–Kier alpha value is -1.24. The summed E-state index contributed by atoms with van der Waals surface area (Å²) in [7, 11) is 0. The first-order valence-electron chi connectivity index (χ1n) is 4.83. The maximum atomic E-state index is 8.69. The van der Waals surface area contributed by atoms with Gasteiger partial charge in [-0.05, 0) is 24.6 Å². The summed E-state index contributed by atoms with van der Waals surface area (Å²) in [6, 6.07) is 7.63. The van der Waals surface area contributed by atoms with E-state index in [4.69, 9.17) is 21.6 Å². The Labute approximate surface area is 93.6 Å². The molecular formula is C11H11ClN2O. The van der Waals surface area contributed by atoms with Crippen LogP contribution < -0.4 is 5.32 Å². The van der Waals surface area contributed by atoms with Crippen LogP contribution in [-0.2, 0) is 4.74 Å². The van der Waals surface area contributed by atoms with Gasteiger partial charge in [-0.25, -0.2) is 0 Å². The highest BCUT2D eigenvalue weighted by atomic mass is 35.5. The van der Waals surface area contributed by atoms with Gasteiger partial charge < -0.3 is 10.1 Å². The summed E-state index contributed by atoms with van der Waals surface area (Å²) in [6.45, 7) is 1.52. The molecule has 1 saturated heterocycles. The van der Waals surface area contributed by atoms with E-state index in [1.54, 1.807) is 12.1 Å². The van der Waals surface area contributed by atoms with Crippen molar-refractivity contribution in [1.82, 2.24) is 0 Å². The van der Waals surface area contributed by atoms with Crippen LogP contribution >= 0.6 is 11.6 Å². The minimum absolute atomic E-state index is 0.329. The molecule has 1 fully saturated rings. The summed E-state index contributed by atoms with van der Waals surface area (Å²) < 4.78 is 5.26. The summed E-state index contributed by atoms with van der Waals surface area (Å²) in [6.07, 6.45) is 0.996. The fraction of sp³-hybridized carbons (Fsp3) is 0.364. The molecule has 1 aliphatic heterocycles. The van der Waals surface area contributed by atoms with Gasteiger partial charge in [-0.15, -0.1) is 0 Å². The van der Waals surface area contributed by atoms with E-state index in [1.807, 2.05) is 6.07 Å². The summed E-state index contributed by atoms with van der Waals surface area (Å²) in [5.74, 6) is 0. The van der Waals surface area contributed by atoms with E-state index < -0.39 is 0 Å². The Morgan fingerprint density at radius 3 is 3.00 bits per heavy atom. The van der Waals surface area contributed by atoms with Gasteiger partial charge in [0.1, 0.15) is 0 Å². The Morgan fingerprint density at radius 2 is 2.40 bits per heavy atom. The van der Waals surface area contributed by atoms with E-state index in [-0.39, 0.29) is 0 Å². The van der Waals surface area contributed by atoms with E-state index in [2.05, 4.69) is 11.4 Å². The number of nitriles is 1. The number of nitrogens with one attached hydrogen (secondary N) is 1. The second-order valence-corrected chi connectivity index (χ2v) is 3.92. The average molecular weight is 223 g/mol. The molecule has 2 rings (SSSR count). The third-order valence-electron chi connectivity index (χ3n) is 2.39. The number of hydrogen-bond acceptors (Lipinski definition) is 3. The fourth-order valence-electron chi connectivity index (χ4n) is 1.57. The molecule has 0 aromatic heterocycles. The van der Waals surface area contributed by atoms with Crippen molar-refractivity contribution < 1.29 is 4.74 Å². The molecule has 15 heavy (non-hydrogen) atoms. The molecule has 1 aliphatic rings.